The minimum absolute atomic E-state index is 0.591. The lowest BCUT2D eigenvalue weighted by atomic mass is 10.2. The van der Waals surface area contributed by atoms with Gasteiger partial charge in [0.2, 0.25) is 5.95 Å². The Balaban J connectivity index is 1.88. The van der Waals surface area contributed by atoms with E-state index in [0.29, 0.717) is 5.95 Å². The molecule has 0 saturated heterocycles. The third-order valence-electron chi connectivity index (χ3n) is 3.70. The van der Waals surface area contributed by atoms with E-state index in [-0.39, 0.29) is 0 Å². The van der Waals surface area contributed by atoms with Crippen molar-refractivity contribution in [3.63, 3.8) is 0 Å². The van der Waals surface area contributed by atoms with Crippen LogP contribution in [0.1, 0.15) is 12.0 Å². The Morgan fingerprint density at radius 3 is 2.75 bits per heavy atom. The van der Waals surface area contributed by atoms with Crippen LogP contribution in [0.25, 0.3) is 10.9 Å². The first kappa shape index (κ1) is 16.2. The van der Waals surface area contributed by atoms with Gasteiger partial charge in [-0.05, 0) is 43.2 Å². The van der Waals surface area contributed by atoms with Crippen LogP contribution in [0.15, 0.2) is 48.5 Å². The van der Waals surface area contributed by atoms with E-state index in [1.165, 1.54) is 5.56 Å². The Hall–Kier alpha value is -2.66. The summed E-state index contributed by atoms with van der Waals surface area (Å²) < 4.78 is 5.10. The Morgan fingerprint density at radius 1 is 1.04 bits per heavy atom. The van der Waals surface area contributed by atoms with Gasteiger partial charge in [0, 0.05) is 31.3 Å². The zero-order valence-corrected chi connectivity index (χ0v) is 14.0. The summed E-state index contributed by atoms with van der Waals surface area (Å²) in [5.74, 6) is 1.43. The molecule has 0 aliphatic carbocycles. The molecular weight excluding hydrogens is 300 g/mol. The van der Waals surface area contributed by atoms with Gasteiger partial charge in [0.15, 0.2) is 0 Å². The fourth-order valence-electron chi connectivity index (χ4n) is 2.54. The Labute approximate surface area is 142 Å². The normalized spacial score (nSPS) is 10.8. The van der Waals surface area contributed by atoms with E-state index in [1.807, 2.05) is 36.4 Å². The Bertz CT molecular complexity index is 819. The quantitative estimate of drug-likeness (QED) is 0.641. The largest absolute Gasteiger partial charge is 0.385 e. The third-order valence-corrected chi connectivity index (χ3v) is 3.70. The zero-order chi connectivity index (χ0) is 16.8. The SMILES string of the molecule is COCCCNc1nc(Nc2cccc(C)c2)nc2ccccc12. The molecule has 0 saturated carbocycles. The number of rotatable bonds is 7. The number of nitrogens with one attached hydrogen (secondary N) is 2. The number of hydrogen-bond donors (Lipinski definition) is 2. The summed E-state index contributed by atoms with van der Waals surface area (Å²) in [6.45, 7) is 3.60. The first-order valence-corrected chi connectivity index (χ1v) is 8.09. The first-order valence-electron chi connectivity index (χ1n) is 8.09. The summed E-state index contributed by atoms with van der Waals surface area (Å²) in [5, 5.41) is 7.70. The number of aryl methyl sites for hydroxylation is 1. The van der Waals surface area contributed by atoms with Crippen LogP contribution in [0.5, 0.6) is 0 Å². The second kappa shape index (κ2) is 7.75. The molecular formula is C19H22N4O. The van der Waals surface area contributed by atoms with E-state index in [4.69, 9.17) is 4.74 Å². The number of para-hydroxylation sites is 1. The number of fused-ring (bicyclic) bond motifs is 1. The van der Waals surface area contributed by atoms with E-state index in [2.05, 4.69) is 39.7 Å². The molecule has 3 aromatic rings. The van der Waals surface area contributed by atoms with E-state index < -0.39 is 0 Å². The average molecular weight is 322 g/mol. The lowest BCUT2D eigenvalue weighted by Crippen LogP contribution is -2.08. The number of ether oxygens (including phenoxy) is 1. The number of methoxy groups -OCH3 is 1. The van der Waals surface area contributed by atoms with Crippen LogP contribution in [0, 0.1) is 6.92 Å². The van der Waals surface area contributed by atoms with Gasteiger partial charge >= 0.3 is 0 Å². The summed E-state index contributed by atoms with van der Waals surface area (Å²) in [6.07, 6.45) is 0.926. The van der Waals surface area contributed by atoms with Crippen molar-refractivity contribution in [1.82, 2.24) is 9.97 Å². The summed E-state index contributed by atoms with van der Waals surface area (Å²) in [7, 11) is 1.71. The van der Waals surface area contributed by atoms with Crippen molar-refractivity contribution in [2.24, 2.45) is 0 Å². The van der Waals surface area contributed by atoms with E-state index in [0.717, 1.165) is 42.0 Å². The maximum Gasteiger partial charge on any atom is 0.229 e. The summed E-state index contributed by atoms with van der Waals surface area (Å²) >= 11 is 0. The fourth-order valence-corrected chi connectivity index (χ4v) is 2.54. The van der Waals surface area contributed by atoms with Gasteiger partial charge in [-0.2, -0.15) is 4.98 Å². The average Bonchev–Trinajstić information content (AvgIpc) is 2.58. The molecule has 0 spiro atoms. The lowest BCUT2D eigenvalue weighted by Gasteiger charge is -2.12. The molecule has 0 amide bonds. The maximum absolute atomic E-state index is 5.10. The molecule has 0 aliphatic rings. The molecule has 3 rings (SSSR count). The molecule has 1 heterocycles. The topological polar surface area (TPSA) is 59.1 Å². The van der Waals surface area contributed by atoms with E-state index in [9.17, 15) is 0 Å². The number of benzene rings is 2. The van der Waals surface area contributed by atoms with Crippen LogP contribution in [-0.4, -0.2) is 30.2 Å². The molecule has 0 fully saturated rings. The second-order valence-corrected chi connectivity index (χ2v) is 5.68. The molecule has 2 aromatic carbocycles. The van der Waals surface area contributed by atoms with Crippen LogP contribution in [0.3, 0.4) is 0 Å². The second-order valence-electron chi connectivity index (χ2n) is 5.68. The minimum atomic E-state index is 0.591. The van der Waals surface area contributed by atoms with Crippen molar-refractivity contribution in [3.05, 3.63) is 54.1 Å². The van der Waals surface area contributed by atoms with Crippen LogP contribution in [0.2, 0.25) is 0 Å². The van der Waals surface area contributed by atoms with Crippen molar-refractivity contribution < 1.29 is 4.74 Å². The maximum atomic E-state index is 5.10. The monoisotopic (exact) mass is 322 g/mol. The first-order chi connectivity index (χ1) is 11.8. The molecule has 0 bridgehead atoms. The highest BCUT2D eigenvalue weighted by Crippen LogP contribution is 2.23. The van der Waals surface area contributed by atoms with E-state index >= 15 is 0 Å². The number of hydrogen-bond acceptors (Lipinski definition) is 5. The van der Waals surface area contributed by atoms with Crippen LogP contribution in [-0.2, 0) is 4.74 Å². The Kier molecular flexibility index (Phi) is 5.23. The molecule has 2 N–H and O–H groups in total. The standard InChI is InChI=1S/C19H22N4O/c1-14-7-5-8-15(13-14)21-19-22-17-10-4-3-9-16(17)18(23-19)20-11-6-12-24-2/h3-5,7-10,13H,6,11-12H2,1-2H3,(H2,20,21,22,23). The summed E-state index contributed by atoms with van der Waals surface area (Å²) in [6, 6.07) is 16.2. The van der Waals surface area contributed by atoms with Crippen molar-refractivity contribution in [3.8, 4) is 0 Å². The molecule has 24 heavy (non-hydrogen) atoms. The minimum Gasteiger partial charge on any atom is -0.385 e. The molecule has 124 valence electrons. The van der Waals surface area contributed by atoms with E-state index in [1.54, 1.807) is 7.11 Å². The van der Waals surface area contributed by atoms with Crippen molar-refractivity contribution >= 4 is 28.4 Å². The Morgan fingerprint density at radius 2 is 1.92 bits per heavy atom. The number of anilines is 3. The number of aromatic nitrogens is 2. The molecule has 5 heteroatoms. The van der Waals surface area contributed by atoms with Gasteiger partial charge in [0.1, 0.15) is 5.82 Å². The van der Waals surface area contributed by atoms with Gasteiger partial charge in [-0.25, -0.2) is 4.98 Å². The van der Waals surface area contributed by atoms with Crippen molar-refractivity contribution in [2.75, 3.05) is 30.9 Å². The van der Waals surface area contributed by atoms with Gasteiger partial charge in [-0.1, -0.05) is 24.3 Å². The molecule has 0 atom stereocenters. The summed E-state index contributed by atoms with van der Waals surface area (Å²) in [4.78, 5) is 9.27. The highest BCUT2D eigenvalue weighted by Gasteiger charge is 2.07. The molecule has 0 unspecified atom stereocenters. The lowest BCUT2D eigenvalue weighted by molar-refractivity contribution is 0.198. The highest BCUT2D eigenvalue weighted by atomic mass is 16.5. The van der Waals surface area contributed by atoms with Crippen molar-refractivity contribution in [1.29, 1.82) is 0 Å². The molecule has 5 nitrogen and oxygen atoms in total. The van der Waals surface area contributed by atoms with Crippen LogP contribution < -0.4 is 10.6 Å². The highest BCUT2D eigenvalue weighted by molar-refractivity contribution is 5.90. The fraction of sp³-hybridized carbons (Fsp3) is 0.263. The molecule has 0 aliphatic heterocycles. The molecule has 0 radical (unpaired) electrons. The van der Waals surface area contributed by atoms with Crippen molar-refractivity contribution in [2.45, 2.75) is 13.3 Å². The zero-order valence-electron chi connectivity index (χ0n) is 14.0. The van der Waals surface area contributed by atoms with Gasteiger partial charge in [-0.3, -0.25) is 0 Å². The predicted molar refractivity (Wildman–Crippen MR) is 99.0 cm³/mol. The van der Waals surface area contributed by atoms with Gasteiger partial charge in [0.25, 0.3) is 0 Å². The smallest absolute Gasteiger partial charge is 0.229 e. The molecule has 1 aromatic heterocycles. The van der Waals surface area contributed by atoms with Gasteiger partial charge in [0.05, 0.1) is 5.52 Å². The predicted octanol–water partition coefficient (Wildman–Crippen LogP) is 4.13. The summed E-state index contributed by atoms with van der Waals surface area (Å²) in [5.41, 5.74) is 3.09. The van der Waals surface area contributed by atoms with Gasteiger partial charge < -0.3 is 15.4 Å². The van der Waals surface area contributed by atoms with Gasteiger partial charge in [-0.15, -0.1) is 0 Å². The number of nitrogens with zero attached hydrogens (tertiary/aromatic N) is 2. The van der Waals surface area contributed by atoms with Crippen LogP contribution in [0.4, 0.5) is 17.5 Å². The van der Waals surface area contributed by atoms with Crippen LogP contribution >= 0.6 is 0 Å². The third kappa shape index (κ3) is 4.00.